The summed E-state index contributed by atoms with van der Waals surface area (Å²) in [6.45, 7) is 4.37. The van der Waals surface area contributed by atoms with Gasteiger partial charge in [-0.05, 0) is 37.1 Å². The van der Waals surface area contributed by atoms with Crippen LogP contribution in [0.2, 0.25) is 0 Å². The van der Waals surface area contributed by atoms with Crippen LogP contribution in [0.5, 0.6) is 0 Å². The molecule has 1 atom stereocenters. The molecule has 1 aromatic carbocycles. The summed E-state index contributed by atoms with van der Waals surface area (Å²) in [5.74, 6) is 0.818. The highest BCUT2D eigenvalue weighted by Gasteiger charge is 2.30. The fourth-order valence-corrected chi connectivity index (χ4v) is 5.20. The summed E-state index contributed by atoms with van der Waals surface area (Å²) in [7, 11) is 0. The lowest BCUT2D eigenvalue weighted by atomic mass is 9.99. The third kappa shape index (κ3) is 2.77. The Bertz CT molecular complexity index is 923. The molecule has 2 saturated heterocycles. The Morgan fingerprint density at radius 2 is 1.92 bits per heavy atom. The van der Waals surface area contributed by atoms with E-state index in [1.54, 1.807) is 17.7 Å². The number of benzene rings is 1. The summed E-state index contributed by atoms with van der Waals surface area (Å²) in [6, 6.07) is 7.35. The first kappa shape index (κ1) is 16.1. The molecule has 0 aliphatic carbocycles. The molecule has 6 heteroatoms. The molecule has 0 saturated carbocycles. The van der Waals surface area contributed by atoms with E-state index in [0.29, 0.717) is 6.04 Å². The van der Waals surface area contributed by atoms with Crippen LogP contribution < -0.4 is 4.90 Å². The topological polar surface area (TPSA) is 32.3 Å². The van der Waals surface area contributed by atoms with E-state index in [0.717, 1.165) is 46.8 Å². The fraction of sp³-hybridized carbons (Fsp3) is 0.400. The fourth-order valence-electron chi connectivity index (χ4n) is 4.29. The quantitative estimate of drug-likeness (QED) is 0.679. The van der Waals surface area contributed by atoms with Gasteiger partial charge in [0.15, 0.2) is 0 Å². The lowest BCUT2D eigenvalue weighted by molar-refractivity contribution is 0.133. The highest BCUT2D eigenvalue weighted by Crippen LogP contribution is 2.38. The van der Waals surface area contributed by atoms with Crippen molar-refractivity contribution in [1.82, 2.24) is 14.9 Å². The molecule has 2 aromatic heterocycles. The average molecular weight is 368 g/mol. The number of hydrogen-bond acceptors (Lipinski definition) is 5. The summed E-state index contributed by atoms with van der Waals surface area (Å²) in [4.78, 5) is 15.2. The van der Waals surface area contributed by atoms with Crippen LogP contribution >= 0.6 is 11.3 Å². The second-order valence-electron chi connectivity index (χ2n) is 7.17. The van der Waals surface area contributed by atoms with Gasteiger partial charge in [0.2, 0.25) is 0 Å². The van der Waals surface area contributed by atoms with Gasteiger partial charge in [0.05, 0.1) is 5.39 Å². The zero-order valence-electron chi connectivity index (χ0n) is 14.6. The summed E-state index contributed by atoms with van der Waals surface area (Å²) in [5, 5.41) is 3.22. The maximum absolute atomic E-state index is 13.3. The lowest BCUT2D eigenvalue weighted by Gasteiger charge is -2.44. The van der Waals surface area contributed by atoms with E-state index in [9.17, 15) is 4.39 Å². The number of fused-ring (bicyclic) bond motifs is 2. The Morgan fingerprint density at radius 3 is 2.81 bits per heavy atom. The van der Waals surface area contributed by atoms with Gasteiger partial charge in [0.25, 0.3) is 0 Å². The molecule has 4 nitrogen and oxygen atoms in total. The van der Waals surface area contributed by atoms with E-state index in [2.05, 4.69) is 25.1 Å². The van der Waals surface area contributed by atoms with Gasteiger partial charge in [-0.25, -0.2) is 14.4 Å². The van der Waals surface area contributed by atoms with Crippen molar-refractivity contribution in [2.45, 2.75) is 25.3 Å². The SMILES string of the molecule is Fc1ccc(-c2csc3ncnc(N4CCN5CCCC[C@@H]5C4)c23)cc1. The van der Waals surface area contributed by atoms with Crippen LogP contribution in [0.1, 0.15) is 19.3 Å². The van der Waals surface area contributed by atoms with Crippen molar-refractivity contribution in [2.75, 3.05) is 31.1 Å². The number of thiophene rings is 1. The molecule has 5 rings (SSSR count). The number of aromatic nitrogens is 2. The van der Waals surface area contributed by atoms with Crippen LogP contribution in [0.25, 0.3) is 21.3 Å². The van der Waals surface area contributed by atoms with Gasteiger partial charge in [-0.3, -0.25) is 4.90 Å². The third-order valence-corrected chi connectivity index (χ3v) is 6.53. The molecule has 2 aliphatic heterocycles. The Morgan fingerprint density at radius 1 is 1.04 bits per heavy atom. The van der Waals surface area contributed by atoms with Crippen LogP contribution in [0, 0.1) is 5.82 Å². The smallest absolute Gasteiger partial charge is 0.141 e. The maximum atomic E-state index is 13.3. The van der Waals surface area contributed by atoms with Crippen molar-refractivity contribution in [3.8, 4) is 11.1 Å². The highest BCUT2D eigenvalue weighted by atomic mass is 32.1. The molecule has 26 heavy (non-hydrogen) atoms. The van der Waals surface area contributed by atoms with Crippen molar-refractivity contribution >= 4 is 27.4 Å². The average Bonchev–Trinajstić information content (AvgIpc) is 3.12. The molecule has 0 bridgehead atoms. The van der Waals surface area contributed by atoms with E-state index in [1.807, 2.05) is 12.1 Å². The maximum Gasteiger partial charge on any atom is 0.141 e. The lowest BCUT2D eigenvalue weighted by Crippen LogP contribution is -2.55. The van der Waals surface area contributed by atoms with E-state index in [4.69, 9.17) is 0 Å². The third-order valence-electron chi connectivity index (χ3n) is 5.64. The first-order valence-corrected chi connectivity index (χ1v) is 10.1. The zero-order valence-corrected chi connectivity index (χ0v) is 15.4. The number of halogens is 1. The summed E-state index contributed by atoms with van der Waals surface area (Å²) >= 11 is 1.63. The number of piperidine rings is 1. The van der Waals surface area contributed by atoms with Gasteiger partial charge in [0, 0.05) is 36.6 Å². The van der Waals surface area contributed by atoms with Crippen molar-refractivity contribution in [1.29, 1.82) is 0 Å². The molecule has 0 N–H and O–H groups in total. The minimum Gasteiger partial charge on any atom is -0.353 e. The molecule has 3 aromatic rings. The molecule has 4 heterocycles. The first-order valence-electron chi connectivity index (χ1n) is 9.27. The van der Waals surface area contributed by atoms with Crippen molar-refractivity contribution in [3.63, 3.8) is 0 Å². The van der Waals surface area contributed by atoms with Gasteiger partial charge in [-0.2, -0.15) is 0 Å². The molecule has 134 valence electrons. The highest BCUT2D eigenvalue weighted by molar-refractivity contribution is 7.17. The Balaban J connectivity index is 1.55. The predicted molar refractivity (Wildman–Crippen MR) is 104 cm³/mol. The molecule has 2 aliphatic rings. The van der Waals surface area contributed by atoms with Crippen LogP contribution in [0.15, 0.2) is 36.0 Å². The van der Waals surface area contributed by atoms with Crippen LogP contribution in [0.3, 0.4) is 0 Å². The van der Waals surface area contributed by atoms with Crippen LogP contribution in [-0.4, -0.2) is 47.1 Å². The number of rotatable bonds is 2. The molecular formula is C20H21FN4S. The predicted octanol–water partition coefficient (Wildman–Crippen LogP) is 4.17. The Labute approximate surface area is 156 Å². The Hall–Kier alpha value is -2.05. The minimum absolute atomic E-state index is 0.210. The van der Waals surface area contributed by atoms with Gasteiger partial charge < -0.3 is 4.90 Å². The summed E-state index contributed by atoms with van der Waals surface area (Å²) in [5.41, 5.74) is 2.12. The van der Waals surface area contributed by atoms with E-state index in [1.165, 1.54) is 37.9 Å². The van der Waals surface area contributed by atoms with Gasteiger partial charge >= 0.3 is 0 Å². The van der Waals surface area contributed by atoms with E-state index < -0.39 is 0 Å². The number of nitrogens with zero attached hydrogens (tertiary/aromatic N) is 4. The molecule has 2 fully saturated rings. The summed E-state index contributed by atoms with van der Waals surface area (Å²) < 4.78 is 13.3. The molecule has 0 amide bonds. The molecular weight excluding hydrogens is 347 g/mol. The number of piperazine rings is 1. The summed E-state index contributed by atoms with van der Waals surface area (Å²) in [6.07, 6.45) is 5.61. The minimum atomic E-state index is -0.210. The number of anilines is 1. The molecule has 0 radical (unpaired) electrons. The standard InChI is InChI=1S/C20H21FN4S/c21-15-6-4-14(5-7-15)17-12-26-20-18(17)19(22-13-23-20)25-10-9-24-8-2-1-3-16(24)11-25/h4-7,12-13,16H,1-3,8-11H2/t16-/m1/s1. The normalized spacial score (nSPS) is 21.1. The van der Waals surface area contributed by atoms with E-state index in [-0.39, 0.29) is 5.82 Å². The zero-order chi connectivity index (χ0) is 17.5. The van der Waals surface area contributed by atoms with Gasteiger partial charge in [-0.15, -0.1) is 11.3 Å². The second kappa shape index (κ2) is 6.59. The van der Waals surface area contributed by atoms with Crippen molar-refractivity contribution in [3.05, 3.63) is 41.8 Å². The number of hydrogen-bond donors (Lipinski definition) is 0. The Kier molecular flexibility index (Phi) is 4.10. The monoisotopic (exact) mass is 368 g/mol. The van der Waals surface area contributed by atoms with Crippen LogP contribution in [-0.2, 0) is 0 Å². The van der Waals surface area contributed by atoms with Gasteiger partial charge in [0.1, 0.15) is 22.8 Å². The van der Waals surface area contributed by atoms with Crippen molar-refractivity contribution < 1.29 is 4.39 Å². The second-order valence-corrected chi connectivity index (χ2v) is 8.02. The van der Waals surface area contributed by atoms with Crippen LogP contribution in [0.4, 0.5) is 10.2 Å². The largest absolute Gasteiger partial charge is 0.353 e. The van der Waals surface area contributed by atoms with Crippen molar-refractivity contribution in [2.24, 2.45) is 0 Å². The molecule has 0 unspecified atom stereocenters. The first-order chi connectivity index (χ1) is 12.8. The van der Waals surface area contributed by atoms with Gasteiger partial charge in [-0.1, -0.05) is 18.6 Å². The van der Waals surface area contributed by atoms with E-state index >= 15 is 0 Å². The molecule has 0 spiro atoms.